The Morgan fingerprint density at radius 1 is 1.35 bits per heavy atom. The zero-order chi connectivity index (χ0) is 12.3. The summed E-state index contributed by atoms with van der Waals surface area (Å²) in [4.78, 5) is 0. The van der Waals surface area contributed by atoms with Gasteiger partial charge in [-0.3, -0.25) is 0 Å². The highest BCUT2D eigenvalue weighted by Crippen LogP contribution is 2.32. The highest BCUT2D eigenvalue weighted by Gasteiger charge is 2.10. The number of nitrogens with zero attached hydrogens (tertiary/aromatic N) is 2. The van der Waals surface area contributed by atoms with Crippen molar-refractivity contribution in [2.45, 2.75) is 12.8 Å². The fourth-order valence-electron chi connectivity index (χ4n) is 1.38. The maximum atomic E-state index is 6.14. The molecule has 0 spiro atoms. The first-order chi connectivity index (χ1) is 8.20. The van der Waals surface area contributed by atoms with E-state index in [1.807, 2.05) is 18.2 Å². The summed E-state index contributed by atoms with van der Waals surface area (Å²) in [6.45, 7) is 0.673. The van der Waals surface area contributed by atoms with Gasteiger partial charge in [-0.05, 0) is 31.2 Å². The van der Waals surface area contributed by atoms with Crippen molar-refractivity contribution < 1.29 is 0 Å². The number of hydrogen-bond donors (Lipinski definition) is 1. The Hall–Kier alpha value is -0.490. The van der Waals surface area contributed by atoms with Crippen molar-refractivity contribution in [1.29, 1.82) is 0 Å². The van der Waals surface area contributed by atoms with Gasteiger partial charge < -0.3 is 5.73 Å². The monoisotopic (exact) mass is 331 g/mol. The average Bonchev–Trinajstić information content (AvgIpc) is 2.78. The third-order valence-corrected chi connectivity index (χ3v) is 4.06. The largest absolute Gasteiger partial charge is 0.330 e. The van der Waals surface area contributed by atoms with Crippen molar-refractivity contribution in [3.63, 3.8) is 0 Å². The summed E-state index contributed by atoms with van der Waals surface area (Å²) in [5.74, 6) is 0. The minimum atomic E-state index is 0.673. The molecule has 0 radical (unpaired) electrons. The van der Waals surface area contributed by atoms with Crippen LogP contribution in [0.3, 0.4) is 0 Å². The van der Waals surface area contributed by atoms with E-state index in [2.05, 4.69) is 26.1 Å². The van der Waals surface area contributed by atoms with Crippen LogP contribution in [-0.4, -0.2) is 16.7 Å². The minimum Gasteiger partial charge on any atom is -0.330 e. The van der Waals surface area contributed by atoms with Gasteiger partial charge in [-0.2, -0.15) is 0 Å². The Labute approximate surface area is 117 Å². The van der Waals surface area contributed by atoms with Crippen molar-refractivity contribution in [2.24, 2.45) is 5.73 Å². The van der Waals surface area contributed by atoms with Crippen LogP contribution in [0.4, 0.5) is 0 Å². The van der Waals surface area contributed by atoms with Crippen LogP contribution in [0.15, 0.2) is 22.7 Å². The lowest BCUT2D eigenvalue weighted by Crippen LogP contribution is -1.99. The summed E-state index contributed by atoms with van der Waals surface area (Å²) in [6, 6.07) is 5.71. The SMILES string of the molecule is NCCCc1nnc(-c2cc(Br)ccc2Cl)s1. The molecule has 2 N–H and O–H groups in total. The number of benzene rings is 1. The maximum absolute atomic E-state index is 6.14. The van der Waals surface area contributed by atoms with Crippen LogP contribution in [0.2, 0.25) is 5.02 Å². The quantitative estimate of drug-likeness (QED) is 0.932. The van der Waals surface area contributed by atoms with E-state index in [1.54, 1.807) is 11.3 Å². The first-order valence-electron chi connectivity index (χ1n) is 5.18. The third-order valence-electron chi connectivity index (χ3n) is 2.22. The number of aryl methyl sites for hydroxylation is 1. The second-order valence-corrected chi connectivity index (χ2v) is 5.90. The molecular formula is C11H11BrClN3S. The fourth-order valence-corrected chi connectivity index (χ4v) is 2.91. The molecule has 1 aromatic carbocycles. The molecule has 2 aromatic rings. The summed E-state index contributed by atoms with van der Waals surface area (Å²) in [5, 5.41) is 10.8. The van der Waals surface area contributed by atoms with Crippen LogP contribution in [0.5, 0.6) is 0 Å². The van der Waals surface area contributed by atoms with Crippen LogP contribution in [0.25, 0.3) is 10.6 Å². The Morgan fingerprint density at radius 2 is 2.18 bits per heavy atom. The topological polar surface area (TPSA) is 51.8 Å². The molecule has 3 nitrogen and oxygen atoms in total. The van der Waals surface area contributed by atoms with Crippen LogP contribution < -0.4 is 5.73 Å². The number of rotatable bonds is 4. The highest BCUT2D eigenvalue weighted by molar-refractivity contribution is 9.10. The Balaban J connectivity index is 2.27. The van der Waals surface area contributed by atoms with E-state index in [-0.39, 0.29) is 0 Å². The van der Waals surface area contributed by atoms with Gasteiger partial charge in [0.15, 0.2) is 0 Å². The molecule has 0 bridgehead atoms. The molecule has 17 heavy (non-hydrogen) atoms. The van der Waals surface area contributed by atoms with Crippen LogP contribution >= 0.6 is 38.9 Å². The molecule has 0 fully saturated rings. The van der Waals surface area contributed by atoms with Crippen molar-refractivity contribution >= 4 is 38.9 Å². The average molecular weight is 333 g/mol. The lowest BCUT2D eigenvalue weighted by Gasteiger charge is -1.99. The molecule has 0 aliphatic carbocycles. The third kappa shape index (κ3) is 3.25. The summed E-state index contributed by atoms with van der Waals surface area (Å²) in [7, 11) is 0. The number of aromatic nitrogens is 2. The predicted octanol–water partition coefficient (Wildman–Crippen LogP) is 3.51. The van der Waals surface area contributed by atoms with Gasteiger partial charge in [0.1, 0.15) is 10.0 Å². The van der Waals surface area contributed by atoms with Gasteiger partial charge in [0, 0.05) is 16.5 Å². The van der Waals surface area contributed by atoms with Crippen molar-refractivity contribution in [3.05, 3.63) is 32.7 Å². The molecule has 0 saturated carbocycles. The Kier molecular flexibility index (Phi) is 4.50. The normalized spacial score (nSPS) is 10.8. The lowest BCUT2D eigenvalue weighted by atomic mass is 10.2. The van der Waals surface area contributed by atoms with E-state index in [1.165, 1.54) is 0 Å². The van der Waals surface area contributed by atoms with Gasteiger partial charge in [-0.1, -0.05) is 38.9 Å². The summed E-state index contributed by atoms with van der Waals surface area (Å²) >= 11 is 11.1. The van der Waals surface area contributed by atoms with Gasteiger partial charge in [-0.15, -0.1) is 10.2 Å². The van der Waals surface area contributed by atoms with Crippen LogP contribution in [0.1, 0.15) is 11.4 Å². The zero-order valence-corrected chi connectivity index (χ0v) is 12.1. The second kappa shape index (κ2) is 5.91. The first-order valence-corrected chi connectivity index (χ1v) is 7.17. The molecule has 1 aromatic heterocycles. The van der Waals surface area contributed by atoms with Gasteiger partial charge in [0.2, 0.25) is 0 Å². The molecule has 90 valence electrons. The predicted molar refractivity (Wildman–Crippen MR) is 75.4 cm³/mol. The van der Waals surface area contributed by atoms with E-state index >= 15 is 0 Å². The molecule has 6 heteroatoms. The maximum Gasteiger partial charge on any atom is 0.149 e. The molecule has 0 aliphatic rings. The first kappa shape index (κ1) is 13.0. The van der Waals surface area contributed by atoms with Crippen LogP contribution in [-0.2, 0) is 6.42 Å². The molecule has 0 atom stereocenters. The number of halogens is 2. The smallest absolute Gasteiger partial charge is 0.149 e. The lowest BCUT2D eigenvalue weighted by molar-refractivity contribution is 0.812. The molecule has 2 rings (SSSR count). The van der Waals surface area contributed by atoms with Gasteiger partial charge in [0.25, 0.3) is 0 Å². The van der Waals surface area contributed by atoms with E-state index in [9.17, 15) is 0 Å². The summed E-state index contributed by atoms with van der Waals surface area (Å²) in [5.41, 5.74) is 6.38. The second-order valence-electron chi connectivity index (χ2n) is 3.52. The molecule has 0 amide bonds. The standard InChI is InChI=1S/C11H11BrClN3S/c12-7-3-4-9(13)8(6-7)11-16-15-10(17-11)2-1-5-14/h3-4,6H,1-2,5,14H2. The Morgan fingerprint density at radius 3 is 2.94 bits per heavy atom. The van der Waals surface area contributed by atoms with E-state index < -0.39 is 0 Å². The van der Waals surface area contributed by atoms with E-state index in [0.29, 0.717) is 11.6 Å². The fraction of sp³-hybridized carbons (Fsp3) is 0.273. The molecular weight excluding hydrogens is 322 g/mol. The minimum absolute atomic E-state index is 0.673. The zero-order valence-electron chi connectivity index (χ0n) is 8.99. The summed E-state index contributed by atoms with van der Waals surface area (Å²) in [6.07, 6.45) is 1.81. The van der Waals surface area contributed by atoms with Crippen molar-refractivity contribution in [3.8, 4) is 10.6 Å². The van der Waals surface area contributed by atoms with Gasteiger partial charge in [-0.25, -0.2) is 0 Å². The molecule has 0 unspecified atom stereocenters. The van der Waals surface area contributed by atoms with Crippen molar-refractivity contribution in [1.82, 2.24) is 10.2 Å². The molecule has 0 saturated heterocycles. The Bertz CT molecular complexity index is 515. The number of hydrogen-bond acceptors (Lipinski definition) is 4. The van der Waals surface area contributed by atoms with Crippen molar-refractivity contribution in [2.75, 3.05) is 6.54 Å². The highest BCUT2D eigenvalue weighted by atomic mass is 79.9. The number of nitrogens with two attached hydrogens (primary N) is 1. The van der Waals surface area contributed by atoms with Crippen LogP contribution in [0, 0.1) is 0 Å². The van der Waals surface area contributed by atoms with Gasteiger partial charge in [0.05, 0.1) is 5.02 Å². The molecule has 1 heterocycles. The van der Waals surface area contributed by atoms with Gasteiger partial charge >= 0.3 is 0 Å². The summed E-state index contributed by atoms with van der Waals surface area (Å²) < 4.78 is 0.982. The van der Waals surface area contributed by atoms with E-state index in [4.69, 9.17) is 17.3 Å². The van der Waals surface area contributed by atoms with E-state index in [0.717, 1.165) is 32.9 Å². The molecule has 0 aliphatic heterocycles.